The van der Waals surface area contributed by atoms with E-state index in [2.05, 4.69) is 4.90 Å². The molecule has 208 valence electrons. The molecule has 1 aliphatic carbocycles. The molecule has 39 heavy (non-hydrogen) atoms. The average molecular weight is 553 g/mol. The maximum atomic E-state index is 14.0. The van der Waals surface area contributed by atoms with Gasteiger partial charge in [-0.3, -0.25) is 14.5 Å². The van der Waals surface area contributed by atoms with Crippen molar-refractivity contribution in [3.8, 4) is 5.75 Å². The highest BCUT2D eigenvalue weighted by molar-refractivity contribution is 6.34. The number of carbonyl (C=O) groups excluding carboxylic acids is 2. The Labute approximate surface area is 235 Å². The van der Waals surface area contributed by atoms with Gasteiger partial charge in [0.2, 0.25) is 5.91 Å². The molecule has 0 aromatic heterocycles. The van der Waals surface area contributed by atoms with Gasteiger partial charge in [-0.05, 0) is 25.0 Å². The van der Waals surface area contributed by atoms with Gasteiger partial charge in [0.25, 0.3) is 5.91 Å². The van der Waals surface area contributed by atoms with Crippen molar-refractivity contribution >= 4 is 29.1 Å². The number of morpholine rings is 1. The zero-order chi connectivity index (χ0) is 27.2. The monoisotopic (exact) mass is 552 g/mol. The molecule has 0 spiro atoms. The van der Waals surface area contributed by atoms with Crippen LogP contribution in [0.4, 0.5) is 0 Å². The number of ether oxygens (including phenoxy) is 2. The molecule has 2 aromatic rings. The van der Waals surface area contributed by atoms with E-state index in [9.17, 15) is 9.59 Å². The first-order chi connectivity index (χ1) is 19.0. The summed E-state index contributed by atoms with van der Waals surface area (Å²) in [6.45, 7) is 4.30. The van der Waals surface area contributed by atoms with Crippen molar-refractivity contribution in [3.63, 3.8) is 0 Å². The molecule has 8 nitrogen and oxygen atoms in total. The van der Waals surface area contributed by atoms with Gasteiger partial charge >= 0.3 is 0 Å². The molecule has 2 heterocycles. The molecular formula is C30H37ClN4O4. The van der Waals surface area contributed by atoms with E-state index in [4.69, 9.17) is 26.2 Å². The van der Waals surface area contributed by atoms with Crippen LogP contribution in [0.3, 0.4) is 0 Å². The molecule has 0 radical (unpaired) electrons. The number of benzene rings is 2. The fourth-order valence-electron chi connectivity index (χ4n) is 5.80. The largest absolute Gasteiger partial charge is 0.496 e. The minimum Gasteiger partial charge on any atom is -0.496 e. The SMILES string of the molecule is COc1ccccc1[C@H]1CC(c2ccccc2Cl)=NN1C(=O)CN(CCN1CCOCC1)C(=O)C1CCCC1. The summed E-state index contributed by atoms with van der Waals surface area (Å²) in [7, 11) is 1.63. The van der Waals surface area contributed by atoms with Gasteiger partial charge in [0, 0.05) is 54.7 Å². The lowest BCUT2D eigenvalue weighted by atomic mass is 9.97. The fourth-order valence-corrected chi connectivity index (χ4v) is 6.05. The highest BCUT2D eigenvalue weighted by Gasteiger charge is 2.37. The Kier molecular flexibility index (Phi) is 9.17. The predicted octanol–water partition coefficient (Wildman–Crippen LogP) is 4.38. The first-order valence-electron chi connectivity index (χ1n) is 13.9. The Balaban J connectivity index is 1.41. The number of methoxy groups -OCH3 is 1. The predicted molar refractivity (Wildman–Crippen MR) is 151 cm³/mol. The maximum absolute atomic E-state index is 14.0. The Morgan fingerprint density at radius 3 is 2.54 bits per heavy atom. The van der Waals surface area contributed by atoms with Crippen LogP contribution in [0.1, 0.15) is 49.3 Å². The van der Waals surface area contributed by atoms with Gasteiger partial charge in [-0.2, -0.15) is 5.10 Å². The van der Waals surface area contributed by atoms with E-state index >= 15 is 0 Å². The van der Waals surface area contributed by atoms with Gasteiger partial charge in [-0.25, -0.2) is 5.01 Å². The third-order valence-corrected chi connectivity index (χ3v) is 8.31. The Morgan fingerprint density at radius 2 is 1.79 bits per heavy atom. The number of amides is 2. The van der Waals surface area contributed by atoms with E-state index in [0.717, 1.165) is 62.2 Å². The molecule has 1 saturated heterocycles. The van der Waals surface area contributed by atoms with Gasteiger partial charge in [0.05, 0.1) is 32.1 Å². The van der Waals surface area contributed by atoms with Crippen LogP contribution in [0.5, 0.6) is 5.75 Å². The van der Waals surface area contributed by atoms with Crippen LogP contribution < -0.4 is 4.74 Å². The Hall–Kier alpha value is -2.94. The third kappa shape index (κ3) is 6.45. The van der Waals surface area contributed by atoms with Crippen molar-refractivity contribution in [3.05, 3.63) is 64.7 Å². The topological polar surface area (TPSA) is 74.7 Å². The summed E-state index contributed by atoms with van der Waals surface area (Å²) in [5, 5.41) is 6.94. The normalized spacial score (nSPS) is 20.2. The van der Waals surface area contributed by atoms with Crippen molar-refractivity contribution in [2.24, 2.45) is 11.0 Å². The van der Waals surface area contributed by atoms with Crippen molar-refractivity contribution in [2.75, 3.05) is 53.0 Å². The minimum atomic E-state index is -0.359. The summed E-state index contributed by atoms with van der Waals surface area (Å²) in [4.78, 5) is 31.6. The standard InChI is InChI=1S/C30H37ClN4O4/c1-38-28-13-7-5-11-24(28)27-20-26(23-10-4-6-12-25(23)31)32-35(27)29(36)21-34(30(37)22-8-2-3-9-22)15-14-33-16-18-39-19-17-33/h4-7,10-13,22,27H,2-3,8-9,14-21H2,1H3/t27-/m1/s1. The molecule has 3 aliphatic rings. The molecule has 2 aromatic carbocycles. The summed E-state index contributed by atoms with van der Waals surface area (Å²) < 4.78 is 11.1. The molecule has 2 amide bonds. The number of rotatable bonds is 9. The molecule has 1 atom stereocenters. The van der Waals surface area contributed by atoms with Crippen LogP contribution in [0.25, 0.3) is 0 Å². The van der Waals surface area contributed by atoms with Crippen LogP contribution in [-0.4, -0.2) is 85.4 Å². The minimum absolute atomic E-state index is 0.00623. The number of carbonyl (C=O) groups is 2. The van der Waals surface area contributed by atoms with Crippen molar-refractivity contribution in [1.82, 2.24) is 14.8 Å². The smallest absolute Gasteiger partial charge is 0.262 e. The molecule has 0 unspecified atom stereocenters. The number of halogens is 1. The lowest BCUT2D eigenvalue weighted by Crippen LogP contribution is -2.48. The Bertz CT molecular complexity index is 1190. The van der Waals surface area contributed by atoms with E-state index in [1.54, 1.807) is 17.0 Å². The van der Waals surface area contributed by atoms with Crippen LogP contribution in [0.15, 0.2) is 53.6 Å². The maximum Gasteiger partial charge on any atom is 0.262 e. The molecular weight excluding hydrogens is 516 g/mol. The number of hydrazone groups is 1. The van der Waals surface area contributed by atoms with E-state index in [0.29, 0.717) is 37.0 Å². The van der Waals surface area contributed by atoms with Crippen LogP contribution in [-0.2, 0) is 14.3 Å². The number of para-hydroxylation sites is 1. The van der Waals surface area contributed by atoms with Gasteiger partial charge in [-0.1, -0.05) is 60.8 Å². The summed E-state index contributed by atoms with van der Waals surface area (Å²) in [6, 6.07) is 14.9. The second-order valence-electron chi connectivity index (χ2n) is 10.4. The van der Waals surface area contributed by atoms with Gasteiger partial charge in [0.1, 0.15) is 12.3 Å². The number of nitrogens with zero attached hydrogens (tertiary/aromatic N) is 4. The first kappa shape index (κ1) is 27.6. The van der Waals surface area contributed by atoms with Crippen molar-refractivity contribution in [1.29, 1.82) is 0 Å². The number of hydrogen-bond acceptors (Lipinski definition) is 6. The molecule has 2 aliphatic heterocycles. The summed E-state index contributed by atoms with van der Waals surface area (Å²) in [6.07, 6.45) is 4.41. The summed E-state index contributed by atoms with van der Waals surface area (Å²) >= 11 is 6.52. The lowest BCUT2D eigenvalue weighted by Gasteiger charge is -2.32. The van der Waals surface area contributed by atoms with Gasteiger partial charge in [-0.15, -0.1) is 0 Å². The second-order valence-corrected chi connectivity index (χ2v) is 10.8. The molecule has 2 fully saturated rings. The van der Waals surface area contributed by atoms with E-state index in [1.807, 2.05) is 48.5 Å². The van der Waals surface area contributed by atoms with E-state index in [1.165, 1.54) is 0 Å². The van der Waals surface area contributed by atoms with E-state index in [-0.39, 0.29) is 30.3 Å². The highest BCUT2D eigenvalue weighted by Crippen LogP contribution is 2.38. The molecule has 0 bridgehead atoms. The lowest BCUT2D eigenvalue weighted by molar-refractivity contribution is -0.144. The second kappa shape index (κ2) is 12.9. The molecule has 1 saturated carbocycles. The van der Waals surface area contributed by atoms with Gasteiger partial charge in [0.15, 0.2) is 0 Å². The van der Waals surface area contributed by atoms with Crippen molar-refractivity contribution in [2.45, 2.75) is 38.1 Å². The molecule has 5 rings (SSSR count). The van der Waals surface area contributed by atoms with Crippen LogP contribution >= 0.6 is 11.6 Å². The van der Waals surface area contributed by atoms with E-state index < -0.39 is 0 Å². The van der Waals surface area contributed by atoms with Crippen LogP contribution in [0.2, 0.25) is 5.02 Å². The highest BCUT2D eigenvalue weighted by atomic mass is 35.5. The fraction of sp³-hybridized carbons (Fsp3) is 0.500. The summed E-state index contributed by atoms with van der Waals surface area (Å²) in [5.41, 5.74) is 2.42. The zero-order valence-corrected chi connectivity index (χ0v) is 23.3. The quantitative estimate of drug-likeness (QED) is 0.461. The summed E-state index contributed by atoms with van der Waals surface area (Å²) in [5.74, 6) is 0.564. The zero-order valence-electron chi connectivity index (χ0n) is 22.6. The third-order valence-electron chi connectivity index (χ3n) is 7.98. The average Bonchev–Trinajstić information content (AvgIpc) is 3.67. The molecule has 0 N–H and O–H groups in total. The number of hydrogen-bond donors (Lipinski definition) is 0. The van der Waals surface area contributed by atoms with Crippen molar-refractivity contribution < 1.29 is 19.1 Å². The van der Waals surface area contributed by atoms with Crippen LogP contribution in [0, 0.1) is 5.92 Å². The van der Waals surface area contributed by atoms with Gasteiger partial charge < -0.3 is 14.4 Å². The molecule has 9 heteroatoms. The Morgan fingerprint density at radius 1 is 1.08 bits per heavy atom. The first-order valence-corrected chi connectivity index (χ1v) is 14.3.